The molecule has 0 radical (unpaired) electrons. The molecule has 0 aliphatic carbocycles. The number of nitriles is 1. The van der Waals surface area contributed by atoms with E-state index in [-0.39, 0.29) is 0 Å². The van der Waals surface area contributed by atoms with Crippen LogP contribution in [0.25, 0.3) is 0 Å². The summed E-state index contributed by atoms with van der Waals surface area (Å²) in [6.07, 6.45) is 2.32. The van der Waals surface area contributed by atoms with Crippen molar-refractivity contribution in [1.29, 1.82) is 5.26 Å². The first-order chi connectivity index (χ1) is 6.43. The molecule has 0 aliphatic heterocycles. The largest absolute Gasteiger partial charge is 0.494 e. The number of unbranched alkanes of at least 4 members (excludes halogenated alkanes) is 1. The zero-order valence-electron chi connectivity index (χ0n) is 7.94. The SMILES string of the molecule is C#N.CCCCOc1ccccc1. The number of para-hydroxylation sites is 1. The topological polar surface area (TPSA) is 33.0 Å². The van der Waals surface area contributed by atoms with Crippen molar-refractivity contribution in [2.45, 2.75) is 19.8 Å². The summed E-state index contributed by atoms with van der Waals surface area (Å²) in [5.41, 5.74) is 0. The molecule has 0 N–H and O–H groups in total. The molecule has 13 heavy (non-hydrogen) atoms. The Kier molecular flexibility index (Phi) is 7.62. The summed E-state index contributed by atoms with van der Waals surface area (Å²) in [7, 11) is 0. The van der Waals surface area contributed by atoms with E-state index in [1.165, 1.54) is 6.42 Å². The van der Waals surface area contributed by atoms with E-state index in [2.05, 4.69) is 13.5 Å². The zero-order valence-corrected chi connectivity index (χ0v) is 7.94. The third-order valence-corrected chi connectivity index (χ3v) is 1.51. The highest BCUT2D eigenvalue weighted by Crippen LogP contribution is 2.08. The van der Waals surface area contributed by atoms with Gasteiger partial charge in [-0.3, -0.25) is 0 Å². The molecule has 0 spiro atoms. The predicted molar refractivity (Wildman–Crippen MR) is 53.5 cm³/mol. The van der Waals surface area contributed by atoms with Crippen LogP contribution in [0.2, 0.25) is 0 Å². The van der Waals surface area contributed by atoms with Gasteiger partial charge in [0.05, 0.1) is 6.61 Å². The lowest BCUT2D eigenvalue weighted by Crippen LogP contribution is -1.95. The van der Waals surface area contributed by atoms with Crippen LogP contribution in [-0.2, 0) is 0 Å². The quantitative estimate of drug-likeness (QED) is 0.662. The van der Waals surface area contributed by atoms with Gasteiger partial charge in [0.25, 0.3) is 0 Å². The molecular weight excluding hydrogens is 162 g/mol. The molecule has 0 unspecified atom stereocenters. The normalized spacial score (nSPS) is 8.23. The van der Waals surface area contributed by atoms with Crippen LogP contribution < -0.4 is 4.74 Å². The maximum absolute atomic E-state index is 6.50. The van der Waals surface area contributed by atoms with E-state index in [1.54, 1.807) is 0 Å². The van der Waals surface area contributed by atoms with Crippen molar-refractivity contribution in [2.75, 3.05) is 6.61 Å². The molecule has 0 aliphatic rings. The highest BCUT2D eigenvalue weighted by molar-refractivity contribution is 5.20. The average molecular weight is 177 g/mol. The molecule has 2 heteroatoms. The van der Waals surface area contributed by atoms with Crippen molar-refractivity contribution in [3.05, 3.63) is 30.3 Å². The summed E-state index contributed by atoms with van der Waals surface area (Å²) in [6, 6.07) is 9.93. The minimum Gasteiger partial charge on any atom is -0.494 e. The van der Waals surface area contributed by atoms with Gasteiger partial charge < -0.3 is 4.74 Å². The van der Waals surface area contributed by atoms with Crippen LogP contribution >= 0.6 is 0 Å². The van der Waals surface area contributed by atoms with Crippen LogP contribution in [0.15, 0.2) is 30.3 Å². The van der Waals surface area contributed by atoms with Gasteiger partial charge in [-0.25, -0.2) is 5.26 Å². The van der Waals surface area contributed by atoms with Crippen LogP contribution in [-0.4, -0.2) is 6.61 Å². The van der Waals surface area contributed by atoms with Gasteiger partial charge in [0.15, 0.2) is 0 Å². The second-order valence-corrected chi connectivity index (χ2v) is 2.52. The Balaban J connectivity index is 0.000000671. The van der Waals surface area contributed by atoms with E-state index in [0.717, 1.165) is 18.8 Å². The van der Waals surface area contributed by atoms with Gasteiger partial charge in [-0.2, -0.15) is 0 Å². The molecule has 1 aromatic rings. The minimum atomic E-state index is 0.834. The summed E-state index contributed by atoms with van der Waals surface area (Å²) in [4.78, 5) is 0. The lowest BCUT2D eigenvalue weighted by molar-refractivity contribution is 0.309. The minimum absolute atomic E-state index is 0.834. The number of rotatable bonds is 4. The summed E-state index contributed by atoms with van der Waals surface area (Å²) < 4.78 is 5.45. The molecule has 0 heterocycles. The van der Waals surface area contributed by atoms with E-state index < -0.39 is 0 Å². The molecule has 0 bridgehead atoms. The molecular formula is C11H15NO. The number of ether oxygens (including phenoxy) is 1. The van der Waals surface area contributed by atoms with Gasteiger partial charge >= 0.3 is 0 Å². The van der Waals surface area contributed by atoms with Gasteiger partial charge in [0, 0.05) is 6.57 Å². The first-order valence-corrected chi connectivity index (χ1v) is 4.37. The van der Waals surface area contributed by atoms with Crippen molar-refractivity contribution in [1.82, 2.24) is 0 Å². The molecule has 0 saturated heterocycles. The van der Waals surface area contributed by atoms with Crippen LogP contribution in [0, 0.1) is 11.8 Å². The fourth-order valence-corrected chi connectivity index (χ4v) is 0.851. The molecule has 0 fully saturated rings. The van der Waals surface area contributed by atoms with E-state index >= 15 is 0 Å². The first-order valence-electron chi connectivity index (χ1n) is 4.37. The smallest absolute Gasteiger partial charge is 0.119 e. The highest BCUT2D eigenvalue weighted by atomic mass is 16.5. The Labute approximate surface area is 79.8 Å². The molecule has 0 aromatic heterocycles. The van der Waals surface area contributed by atoms with Crippen LogP contribution in [0.5, 0.6) is 5.75 Å². The van der Waals surface area contributed by atoms with Crippen molar-refractivity contribution >= 4 is 0 Å². The third-order valence-electron chi connectivity index (χ3n) is 1.51. The maximum atomic E-state index is 6.50. The number of nitrogens with zero attached hydrogens (tertiary/aromatic N) is 1. The van der Waals surface area contributed by atoms with Gasteiger partial charge in [0.1, 0.15) is 5.75 Å². The molecule has 0 atom stereocenters. The average Bonchev–Trinajstić information content (AvgIpc) is 2.23. The van der Waals surface area contributed by atoms with Crippen molar-refractivity contribution in [3.63, 3.8) is 0 Å². The van der Waals surface area contributed by atoms with Crippen LogP contribution in [0.3, 0.4) is 0 Å². The summed E-state index contributed by atoms with van der Waals surface area (Å²) in [5.74, 6) is 0.973. The standard InChI is InChI=1S/C10H14O.CHN/c1-2-3-9-11-10-7-5-4-6-8-10;1-2/h4-8H,2-3,9H2,1H3;1H. The Morgan fingerprint density at radius 3 is 2.38 bits per heavy atom. The monoisotopic (exact) mass is 177 g/mol. The number of hydrogen-bond donors (Lipinski definition) is 0. The summed E-state index contributed by atoms with van der Waals surface area (Å²) >= 11 is 0. The van der Waals surface area contributed by atoms with E-state index in [4.69, 9.17) is 10.00 Å². The first kappa shape index (κ1) is 11.5. The highest BCUT2D eigenvalue weighted by Gasteiger charge is 1.88. The Bertz CT molecular complexity index is 218. The Morgan fingerprint density at radius 1 is 1.23 bits per heavy atom. The van der Waals surface area contributed by atoms with Gasteiger partial charge in [-0.1, -0.05) is 31.5 Å². The summed E-state index contributed by atoms with van der Waals surface area (Å²) in [6.45, 7) is 6.49. The van der Waals surface area contributed by atoms with Gasteiger partial charge in [-0.05, 0) is 18.6 Å². The van der Waals surface area contributed by atoms with Crippen LogP contribution in [0.4, 0.5) is 0 Å². The molecule has 1 rings (SSSR count). The van der Waals surface area contributed by atoms with Crippen molar-refractivity contribution in [3.8, 4) is 12.3 Å². The van der Waals surface area contributed by atoms with E-state index in [1.807, 2.05) is 30.3 Å². The Hall–Kier alpha value is -1.49. The number of benzene rings is 1. The fraction of sp³-hybridized carbons (Fsp3) is 0.364. The van der Waals surface area contributed by atoms with Crippen molar-refractivity contribution < 1.29 is 4.74 Å². The van der Waals surface area contributed by atoms with E-state index in [9.17, 15) is 0 Å². The van der Waals surface area contributed by atoms with E-state index in [0.29, 0.717) is 0 Å². The molecule has 2 nitrogen and oxygen atoms in total. The second-order valence-electron chi connectivity index (χ2n) is 2.52. The van der Waals surface area contributed by atoms with Crippen LogP contribution in [0.1, 0.15) is 19.8 Å². The Morgan fingerprint density at radius 2 is 1.85 bits per heavy atom. The second kappa shape index (κ2) is 8.61. The molecule has 70 valence electrons. The zero-order chi connectivity index (χ0) is 9.94. The number of hydrogen-bond acceptors (Lipinski definition) is 2. The van der Waals surface area contributed by atoms with Gasteiger partial charge in [-0.15, -0.1) is 0 Å². The molecule has 0 amide bonds. The maximum Gasteiger partial charge on any atom is 0.119 e. The fourth-order valence-electron chi connectivity index (χ4n) is 0.851. The predicted octanol–water partition coefficient (Wildman–Crippen LogP) is 3.01. The van der Waals surface area contributed by atoms with Crippen molar-refractivity contribution in [2.24, 2.45) is 0 Å². The lowest BCUT2D eigenvalue weighted by Gasteiger charge is -2.03. The third kappa shape index (κ3) is 5.75. The van der Waals surface area contributed by atoms with Gasteiger partial charge in [0.2, 0.25) is 0 Å². The molecule has 1 aromatic carbocycles. The molecule has 0 saturated carbocycles. The lowest BCUT2D eigenvalue weighted by atomic mass is 10.3. The summed E-state index contributed by atoms with van der Waals surface area (Å²) in [5, 5.41) is 6.50.